The quantitative estimate of drug-likeness (QED) is 0.107. The molecule has 0 heterocycles. The topological polar surface area (TPSA) is 56.8 Å². The summed E-state index contributed by atoms with van der Waals surface area (Å²) >= 11 is 3.95. The van der Waals surface area contributed by atoms with Crippen LogP contribution in [0.3, 0.4) is 0 Å². The van der Waals surface area contributed by atoms with Crippen LogP contribution in [0.15, 0.2) is 267 Å². The third-order valence-corrected chi connectivity index (χ3v) is 15.3. The van der Waals surface area contributed by atoms with Crippen molar-refractivity contribution in [2.75, 3.05) is 7.11 Å². The fourth-order valence-electron chi connectivity index (χ4n) is 5.95. The second-order valence-electron chi connectivity index (χ2n) is 14.4. The van der Waals surface area contributed by atoms with E-state index in [4.69, 9.17) is 15.3 Å². The van der Waals surface area contributed by atoms with Gasteiger partial charge in [-0.15, -0.1) is 0 Å². The second kappa shape index (κ2) is 39.1. The number of nitrogens with zero attached hydrogens (tertiary/aromatic N) is 2. The first-order valence-electron chi connectivity index (χ1n) is 22.2. The predicted molar refractivity (Wildman–Crippen MR) is 306 cm³/mol. The molecule has 0 saturated carbocycles. The smallest absolute Gasteiger partial charge is 0.0623 e. The van der Waals surface area contributed by atoms with Crippen LogP contribution in [0.4, 0.5) is 0 Å². The van der Waals surface area contributed by atoms with Gasteiger partial charge < -0.3 is 0 Å². The van der Waals surface area contributed by atoms with E-state index in [0.29, 0.717) is 35.8 Å². The zero-order valence-electron chi connectivity index (χ0n) is 40.1. The van der Waals surface area contributed by atoms with Crippen LogP contribution in [-0.2, 0) is 5.32 Å². The van der Waals surface area contributed by atoms with Crippen molar-refractivity contribution >= 4 is 93.7 Å². The minimum Gasteiger partial charge on any atom is -0.0623 e. The Balaban J connectivity index is 0.000000227. The van der Waals surface area contributed by atoms with Crippen molar-refractivity contribution < 1.29 is 4.74 Å². The first-order valence-corrected chi connectivity index (χ1v) is 32.1. The van der Waals surface area contributed by atoms with Gasteiger partial charge in [-0.2, -0.15) is 0 Å². The van der Waals surface area contributed by atoms with Crippen molar-refractivity contribution in [2.45, 2.75) is 29.8 Å². The third-order valence-electron chi connectivity index (χ3n) is 9.35. The maximum absolute atomic E-state index is 8.36. The van der Waals surface area contributed by atoms with E-state index in [2.05, 4.69) is 240 Å². The monoisotopic (exact) mass is 1250 g/mol. The van der Waals surface area contributed by atoms with Crippen LogP contribution in [0, 0.1) is 27.4 Å². The molecule has 0 aliphatic heterocycles. The van der Waals surface area contributed by atoms with Gasteiger partial charge in [-0.05, 0) is 16.7 Å². The summed E-state index contributed by atoms with van der Waals surface area (Å²) in [6.45, 7) is 2.07. The van der Waals surface area contributed by atoms with E-state index in [1.54, 1.807) is 7.11 Å². The van der Waals surface area contributed by atoms with E-state index in [0.717, 1.165) is 11.1 Å². The number of methoxy groups -OCH3 is 1. The number of hydrogen-bond donors (Lipinski definition) is 0. The average molecular weight is 1240 g/mol. The van der Waals surface area contributed by atoms with E-state index in [-0.39, 0.29) is 29.9 Å². The summed E-state index contributed by atoms with van der Waals surface area (Å²) in [6, 6.07) is 92.1. The van der Waals surface area contributed by atoms with Gasteiger partial charge in [0.2, 0.25) is 0 Å². The van der Waals surface area contributed by atoms with Gasteiger partial charge in [0.25, 0.3) is 0 Å². The molecule has 0 spiro atoms. The van der Waals surface area contributed by atoms with Gasteiger partial charge in [0.05, 0.1) is 0 Å². The number of benzene rings is 9. The molecule has 0 aromatic heterocycles. The number of rotatable bonds is 9. The van der Waals surface area contributed by atoms with Crippen LogP contribution in [-0.4, -0.2) is 82.9 Å². The van der Waals surface area contributed by atoms with E-state index >= 15 is 0 Å². The molecule has 0 amide bonds. The largest absolute Gasteiger partial charge is 0.0623 e. The second-order valence-corrected chi connectivity index (χ2v) is 22.6. The maximum Gasteiger partial charge on any atom is -0.0623 e. The van der Waals surface area contributed by atoms with Crippen LogP contribution < -0.4 is 22.6 Å². The van der Waals surface area contributed by atoms with E-state index in [9.17, 15) is 0 Å². The molecule has 0 fully saturated rings. The van der Waals surface area contributed by atoms with E-state index < -0.39 is 0 Å². The molecule has 0 aliphatic carbocycles. The molecule has 9 aromatic carbocycles. The fourth-order valence-corrected chi connectivity index (χ4v) is 9.85. The molecule has 0 unspecified atom stereocenters. The van der Waals surface area contributed by atoms with E-state index in [1.165, 1.54) is 45.7 Å². The molecule has 0 saturated heterocycles. The summed E-state index contributed by atoms with van der Waals surface area (Å²) in [5.41, 5.74) is 6.55. The molecule has 0 atom stereocenters. The van der Waals surface area contributed by atoms with Crippen LogP contribution >= 0.6 is 0 Å². The Morgan fingerprint density at radius 3 is 1.07 bits per heavy atom. The van der Waals surface area contributed by atoms with Crippen molar-refractivity contribution in [1.29, 1.82) is 10.5 Å². The molecule has 8 heteroatoms. The van der Waals surface area contributed by atoms with Gasteiger partial charge in [0.1, 0.15) is 0 Å². The van der Waals surface area contributed by atoms with Gasteiger partial charge in [-0.25, -0.2) is 0 Å². The molecule has 9 rings (SSSR count). The Morgan fingerprint density at radius 1 is 0.443 bits per heavy atom. The van der Waals surface area contributed by atoms with Crippen molar-refractivity contribution in [3.8, 4) is 15.7 Å². The Labute approximate surface area is 452 Å². The van der Waals surface area contributed by atoms with Gasteiger partial charge >= 0.3 is 306 Å². The van der Waals surface area contributed by atoms with Crippen molar-refractivity contribution in [2.24, 2.45) is 0 Å². The molecule has 0 radical (unpaired) electrons. The molecule has 9 aromatic rings. The summed E-state index contributed by atoms with van der Waals surface area (Å²) in [7, 11) is 1.67. The normalized spacial score (nSPS) is 9.31. The average Bonchev–Trinajstić information content (AvgIpc) is 3.44. The van der Waals surface area contributed by atoms with Gasteiger partial charge in [-0.1, -0.05) is 127 Å². The predicted octanol–water partition coefficient (Wildman–Crippen LogP) is 11.1. The Kier molecular flexibility index (Phi) is 32.8. The molecular formula is C62H60N2OSe5. The van der Waals surface area contributed by atoms with E-state index in [1.807, 2.05) is 71.5 Å². The summed E-state index contributed by atoms with van der Waals surface area (Å²) in [6.07, 6.45) is 0. The zero-order chi connectivity index (χ0) is 50.1. The SMILES string of the molecule is COc1ccc([SeH])cc1.C[Se]C#N.C[Se]c1ccccc1.Cc1ccc(C[Se]C#N)cc1.c1ccc(C(c2ccccc2)c2ccccc2)cc1.c1ccc([Se]c2ccccc2)cc1.c1ccccc1. The Morgan fingerprint density at radius 2 is 0.771 bits per heavy atom. The first-order chi connectivity index (χ1) is 34.4. The van der Waals surface area contributed by atoms with Gasteiger partial charge in [-0.3, -0.25) is 0 Å². The molecular weight excluding hydrogens is 1180 g/mol. The minimum atomic E-state index is 0.120. The Bertz CT molecular complexity index is 2530. The first kappa shape index (κ1) is 58.7. The summed E-state index contributed by atoms with van der Waals surface area (Å²) in [4.78, 5) is 4.19. The molecule has 0 aliphatic rings. The van der Waals surface area contributed by atoms with Crippen LogP contribution in [0.2, 0.25) is 11.6 Å². The zero-order valence-corrected chi connectivity index (χ0v) is 48.8. The van der Waals surface area contributed by atoms with Crippen LogP contribution in [0.1, 0.15) is 33.7 Å². The molecule has 70 heavy (non-hydrogen) atoms. The third kappa shape index (κ3) is 26.9. The Hall–Kier alpha value is -5.64. The van der Waals surface area contributed by atoms with Crippen molar-refractivity contribution in [1.82, 2.24) is 0 Å². The molecule has 354 valence electrons. The number of nitriles is 2. The van der Waals surface area contributed by atoms with Crippen molar-refractivity contribution in [3.63, 3.8) is 0 Å². The molecule has 3 nitrogen and oxygen atoms in total. The summed E-state index contributed by atoms with van der Waals surface area (Å²) in [5.74, 6) is 5.32. The number of ether oxygens (including phenoxy) is 1. The van der Waals surface area contributed by atoms with Gasteiger partial charge in [0.15, 0.2) is 0 Å². The summed E-state index contributed by atoms with van der Waals surface area (Å²) in [5, 5.41) is 16.9. The van der Waals surface area contributed by atoms with Gasteiger partial charge in [0, 0.05) is 5.92 Å². The maximum atomic E-state index is 8.36. The minimum absolute atomic E-state index is 0.120. The number of hydrogen-bond acceptors (Lipinski definition) is 3. The summed E-state index contributed by atoms with van der Waals surface area (Å²) < 4.78 is 10.5. The molecule has 0 N–H and O–H groups in total. The molecule has 0 bridgehead atoms. The van der Waals surface area contributed by atoms with Crippen molar-refractivity contribution in [3.05, 3.63) is 295 Å². The standard InChI is InChI=1S/C19H16.C12H10Se.C9H9NSe.C7H8OSe.C7H8Se.C6H6.C2H3NSe/c1-4-10-16(11-5-1)19(17-12-6-2-7-13-17)18-14-8-3-9-15-18;1-3-7-11(8-4-1)13-12-9-5-2-6-10-12;1-8-2-4-9(5-3-8)6-11-7-10;1-8-6-2-4-7(9)5-3-6;1-8-7-5-3-2-4-6-7;1-2-4-6-5-3-1;1-4-2-3/h1-15,19H;1-10H;2-5H,6H2,1H3;2-5,9H,1H3;2-6H,1H3;1-6H;1H3. The fraction of sp³-hybridized carbons (Fsp3) is 0.0968. The van der Waals surface area contributed by atoms with Crippen LogP contribution in [0.25, 0.3) is 0 Å². The number of aryl methyl sites for hydroxylation is 1. The van der Waals surface area contributed by atoms with Crippen LogP contribution in [0.5, 0.6) is 5.75 Å².